The number of nitrogens with zero attached hydrogens (tertiary/aromatic N) is 1. The van der Waals surface area contributed by atoms with Crippen LogP contribution in [-0.2, 0) is 19.4 Å². The molecule has 0 bridgehead atoms. The van der Waals surface area contributed by atoms with E-state index in [4.69, 9.17) is 0 Å². The number of carbonyl (C=O) groups is 2. The van der Waals surface area contributed by atoms with Crippen molar-refractivity contribution in [2.24, 2.45) is 11.8 Å². The monoisotopic (exact) mass is 288 g/mol. The largest absolute Gasteiger partial charge is 0.345 e. The minimum atomic E-state index is -2.95. The van der Waals surface area contributed by atoms with E-state index in [0.29, 0.717) is 13.0 Å². The fourth-order valence-corrected chi connectivity index (χ4v) is 4.69. The van der Waals surface area contributed by atoms with E-state index in [2.05, 4.69) is 5.32 Å². The number of hydrogen-bond acceptors (Lipinski definition) is 4. The Labute approximate surface area is 113 Å². The molecule has 0 saturated carbocycles. The van der Waals surface area contributed by atoms with Gasteiger partial charge in [0.25, 0.3) is 0 Å². The van der Waals surface area contributed by atoms with Gasteiger partial charge < -0.3 is 10.2 Å². The molecule has 0 radical (unpaired) electrons. The third-order valence-electron chi connectivity index (χ3n) is 3.75. The molecular weight excluding hydrogens is 268 g/mol. The highest BCUT2D eigenvalue weighted by Crippen LogP contribution is 2.23. The summed E-state index contributed by atoms with van der Waals surface area (Å²) in [6.45, 7) is 4.17. The zero-order valence-corrected chi connectivity index (χ0v) is 12.1. The first-order chi connectivity index (χ1) is 8.80. The van der Waals surface area contributed by atoms with Crippen LogP contribution in [0.5, 0.6) is 0 Å². The summed E-state index contributed by atoms with van der Waals surface area (Å²) in [7, 11) is -2.95. The van der Waals surface area contributed by atoms with Crippen molar-refractivity contribution in [3.63, 3.8) is 0 Å². The summed E-state index contributed by atoms with van der Waals surface area (Å²) in [4.78, 5) is 25.4. The Morgan fingerprint density at radius 2 is 2.05 bits per heavy atom. The molecule has 6 nitrogen and oxygen atoms in total. The van der Waals surface area contributed by atoms with Gasteiger partial charge in [0.05, 0.1) is 18.1 Å². The predicted octanol–water partition coefficient (Wildman–Crippen LogP) is -0.596. The molecule has 0 aromatic heterocycles. The normalized spacial score (nSPS) is 30.8. The lowest BCUT2D eigenvalue weighted by Gasteiger charge is -2.38. The number of nitrogens with one attached hydrogen (secondary N) is 1. The van der Waals surface area contributed by atoms with Crippen LogP contribution >= 0.6 is 0 Å². The molecule has 2 amide bonds. The summed E-state index contributed by atoms with van der Waals surface area (Å²) in [6.07, 6.45) is 0.582. The topological polar surface area (TPSA) is 83.6 Å². The van der Waals surface area contributed by atoms with Crippen molar-refractivity contribution in [1.82, 2.24) is 10.2 Å². The Balaban J connectivity index is 2.11. The molecule has 2 aliphatic rings. The summed E-state index contributed by atoms with van der Waals surface area (Å²) >= 11 is 0. The maximum atomic E-state index is 12.0. The first-order valence-corrected chi connectivity index (χ1v) is 8.40. The molecule has 0 aliphatic carbocycles. The maximum absolute atomic E-state index is 12.0. The lowest BCUT2D eigenvalue weighted by atomic mass is 9.97. The highest BCUT2D eigenvalue weighted by molar-refractivity contribution is 7.91. The predicted molar refractivity (Wildman–Crippen MR) is 70.1 cm³/mol. The zero-order valence-electron chi connectivity index (χ0n) is 11.3. The van der Waals surface area contributed by atoms with Gasteiger partial charge in [0, 0.05) is 6.54 Å². The first-order valence-electron chi connectivity index (χ1n) is 6.58. The standard InChI is InChI=1S/C12H20N2O4S/c1-8(2)11-12(16)13-5-10(15)14(11)6-9-3-4-19(17,18)7-9/h8-9,11H,3-7H2,1-2H3,(H,13,16). The van der Waals surface area contributed by atoms with Crippen LogP contribution in [0.4, 0.5) is 0 Å². The van der Waals surface area contributed by atoms with Crippen LogP contribution in [0.15, 0.2) is 0 Å². The highest BCUT2D eigenvalue weighted by Gasteiger charge is 2.39. The fourth-order valence-electron chi connectivity index (χ4n) is 2.84. The van der Waals surface area contributed by atoms with Crippen molar-refractivity contribution >= 4 is 21.7 Å². The van der Waals surface area contributed by atoms with E-state index < -0.39 is 15.9 Å². The Hall–Kier alpha value is -1.11. The molecule has 2 fully saturated rings. The van der Waals surface area contributed by atoms with Crippen LogP contribution in [0.25, 0.3) is 0 Å². The van der Waals surface area contributed by atoms with Gasteiger partial charge in [-0.25, -0.2) is 8.42 Å². The molecule has 19 heavy (non-hydrogen) atoms. The number of piperazine rings is 1. The molecule has 2 saturated heterocycles. The van der Waals surface area contributed by atoms with Crippen molar-refractivity contribution in [2.45, 2.75) is 26.3 Å². The van der Waals surface area contributed by atoms with E-state index in [1.54, 1.807) is 4.90 Å². The maximum Gasteiger partial charge on any atom is 0.243 e. The second kappa shape index (κ2) is 5.11. The van der Waals surface area contributed by atoms with Crippen LogP contribution in [0, 0.1) is 11.8 Å². The van der Waals surface area contributed by atoms with E-state index >= 15 is 0 Å². The number of carbonyl (C=O) groups excluding carboxylic acids is 2. The molecule has 108 valence electrons. The molecular formula is C12H20N2O4S. The number of sulfone groups is 1. The lowest BCUT2D eigenvalue weighted by molar-refractivity contribution is -0.148. The smallest absolute Gasteiger partial charge is 0.243 e. The van der Waals surface area contributed by atoms with Gasteiger partial charge in [-0.3, -0.25) is 9.59 Å². The molecule has 0 aromatic rings. The summed E-state index contributed by atoms with van der Waals surface area (Å²) < 4.78 is 22.9. The molecule has 0 spiro atoms. The third-order valence-corrected chi connectivity index (χ3v) is 5.59. The SMILES string of the molecule is CC(C)C1C(=O)NCC(=O)N1CC1CCS(=O)(=O)C1. The van der Waals surface area contributed by atoms with Crippen molar-refractivity contribution in [2.75, 3.05) is 24.6 Å². The fraction of sp³-hybridized carbons (Fsp3) is 0.833. The van der Waals surface area contributed by atoms with Gasteiger partial charge in [0.2, 0.25) is 11.8 Å². The number of hydrogen-bond donors (Lipinski definition) is 1. The molecule has 2 aliphatic heterocycles. The Morgan fingerprint density at radius 3 is 2.58 bits per heavy atom. The van der Waals surface area contributed by atoms with Crippen LogP contribution < -0.4 is 5.32 Å². The quantitative estimate of drug-likeness (QED) is 0.752. The molecule has 2 rings (SSSR count). The van der Waals surface area contributed by atoms with Crippen molar-refractivity contribution in [1.29, 1.82) is 0 Å². The summed E-state index contributed by atoms with van der Waals surface area (Å²) in [5, 5.41) is 2.59. The zero-order chi connectivity index (χ0) is 14.2. The molecule has 0 aromatic carbocycles. The Morgan fingerprint density at radius 1 is 1.37 bits per heavy atom. The summed E-state index contributed by atoms with van der Waals surface area (Å²) in [5.74, 6) is 0.0305. The lowest BCUT2D eigenvalue weighted by Crippen LogP contribution is -2.61. The van der Waals surface area contributed by atoms with Crippen LogP contribution in [0.2, 0.25) is 0 Å². The molecule has 2 unspecified atom stereocenters. The Kier molecular flexibility index (Phi) is 3.85. The van der Waals surface area contributed by atoms with Crippen molar-refractivity contribution < 1.29 is 18.0 Å². The average molecular weight is 288 g/mol. The van der Waals surface area contributed by atoms with Crippen LogP contribution in [0.3, 0.4) is 0 Å². The van der Waals surface area contributed by atoms with E-state index in [1.807, 2.05) is 13.8 Å². The molecule has 1 N–H and O–H groups in total. The van der Waals surface area contributed by atoms with Crippen molar-refractivity contribution in [3.8, 4) is 0 Å². The molecule has 7 heteroatoms. The van der Waals surface area contributed by atoms with Gasteiger partial charge in [-0.2, -0.15) is 0 Å². The summed E-state index contributed by atoms with van der Waals surface area (Å²) in [5.41, 5.74) is 0. The minimum Gasteiger partial charge on any atom is -0.345 e. The van der Waals surface area contributed by atoms with Gasteiger partial charge in [-0.15, -0.1) is 0 Å². The van der Waals surface area contributed by atoms with Crippen molar-refractivity contribution in [3.05, 3.63) is 0 Å². The first kappa shape index (κ1) is 14.3. The van der Waals surface area contributed by atoms with Gasteiger partial charge >= 0.3 is 0 Å². The second-order valence-electron chi connectivity index (χ2n) is 5.72. The average Bonchev–Trinajstić information content (AvgIpc) is 2.63. The number of rotatable bonds is 3. The van der Waals surface area contributed by atoms with E-state index in [1.165, 1.54) is 0 Å². The highest BCUT2D eigenvalue weighted by atomic mass is 32.2. The van der Waals surface area contributed by atoms with E-state index in [9.17, 15) is 18.0 Å². The van der Waals surface area contributed by atoms with Gasteiger partial charge in [0.1, 0.15) is 6.04 Å². The third kappa shape index (κ3) is 3.08. The van der Waals surface area contributed by atoms with E-state index in [0.717, 1.165) is 0 Å². The van der Waals surface area contributed by atoms with Gasteiger partial charge in [-0.05, 0) is 18.3 Å². The summed E-state index contributed by atoms with van der Waals surface area (Å²) in [6, 6.07) is -0.482. The number of amides is 2. The van der Waals surface area contributed by atoms with Gasteiger partial charge in [-0.1, -0.05) is 13.8 Å². The second-order valence-corrected chi connectivity index (χ2v) is 7.95. The molecule has 2 atom stereocenters. The van der Waals surface area contributed by atoms with Gasteiger partial charge in [0.15, 0.2) is 9.84 Å². The Bertz CT molecular complexity index is 486. The molecule has 2 heterocycles. The van der Waals surface area contributed by atoms with Crippen LogP contribution in [0.1, 0.15) is 20.3 Å². The minimum absolute atomic E-state index is 0.0154. The van der Waals surface area contributed by atoms with Crippen LogP contribution in [-0.4, -0.2) is 55.8 Å². The van der Waals surface area contributed by atoms with E-state index in [-0.39, 0.29) is 41.7 Å².